The fraction of sp³-hybridized carbons (Fsp3) is 0.286. The number of benzene rings is 2. The SMILES string of the molecule is O=C(O)c1cccc(/C=C/CN2CCN(C3c4ccccc4CCc4ncccc43)CC2)c1. The van der Waals surface area contributed by atoms with Crippen molar-refractivity contribution in [3.63, 3.8) is 0 Å². The molecule has 1 unspecified atom stereocenters. The molecule has 1 aromatic heterocycles. The number of carboxylic acids is 1. The lowest BCUT2D eigenvalue weighted by Crippen LogP contribution is -2.47. The topological polar surface area (TPSA) is 56.7 Å². The summed E-state index contributed by atoms with van der Waals surface area (Å²) in [6.45, 7) is 4.90. The van der Waals surface area contributed by atoms with Gasteiger partial charge in [0, 0.05) is 44.6 Å². The number of aromatic carboxylic acids is 1. The molecule has 2 heterocycles. The highest BCUT2D eigenvalue weighted by Gasteiger charge is 2.31. The van der Waals surface area contributed by atoms with Crippen LogP contribution in [0.4, 0.5) is 0 Å². The molecule has 1 aliphatic heterocycles. The third-order valence-electron chi connectivity index (χ3n) is 6.78. The van der Waals surface area contributed by atoms with E-state index < -0.39 is 5.97 Å². The first kappa shape index (κ1) is 21.6. The van der Waals surface area contributed by atoms with Gasteiger partial charge >= 0.3 is 5.97 Å². The summed E-state index contributed by atoms with van der Waals surface area (Å²) in [5, 5.41) is 9.17. The molecule has 1 N–H and O–H groups in total. The van der Waals surface area contributed by atoms with Gasteiger partial charge in [0.1, 0.15) is 0 Å². The van der Waals surface area contributed by atoms with Crippen molar-refractivity contribution in [2.45, 2.75) is 18.9 Å². The van der Waals surface area contributed by atoms with Gasteiger partial charge in [-0.3, -0.25) is 14.8 Å². The molecule has 5 rings (SSSR count). The van der Waals surface area contributed by atoms with Gasteiger partial charge in [-0.05, 0) is 53.3 Å². The summed E-state index contributed by atoms with van der Waals surface area (Å²) >= 11 is 0. The van der Waals surface area contributed by atoms with Crippen molar-refractivity contribution < 1.29 is 9.90 Å². The van der Waals surface area contributed by atoms with E-state index in [1.165, 1.54) is 22.4 Å². The fourth-order valence-electron chi connectivity index (χ4n) is 5.07. The smallest absolute Gasteiger partial charge is 0.335 e. The van der Waals surface area contributed by atoms with Gasteiger partial charge in [0.15, 0.2) is 0 Å². The highest BCUT2D eigenvalue weighted by Crippen LogP contribution is 2.36. The molecule has 1 aliphatic carbocycles. The standard InChI is InChI=1S/C28H29N3O2/c32-28(33)23-9-3-6-21(20-23)7-5-15-30-16-18-31(19-17-30)27-24-10-2-1-8-22(24)12-13-26-25(27)11-4-14-29-26/h1-11,14,20,27H,12-13,15-19H2,(H,32,33)/b7-5+. The van der Waals surface area contributed by atoms with Crippen molar-refractivity contribution in [1.29, 1.82) is 0 Å². The predicted molar refractivity (Wildman–Crippen MR) is 130 cm³/mol. The number of piperazine rings is 1. The van der Waals surface area contributed by atoms with Crippen LogP contribution in [0.2, 0.25) is 0 Å². The predicted octanol–water partition coefficient (Wildman–Crippen LogP) is 4.30. The van der Waals surface area contributed by atoms with Crippen LogP contribution >= 0.6 is 0 Å². The first-order chi connectivity index (χ1) is 16.2. The summed E-state index contributed by atoms with van der Waals surface area (Å²) in [6, 6.07) is 20.5. The first-order valence-corrected chi connectivity index (χ1v) is 11.7. The molecule has 33 heavy (non-hydrogen) atoms. The molecule has 2 aliphatic rings. The Morgan fingerprint density at radius 1 is 0.970 bits per heavy atom. The number of pyridine rings is 1. The van der Waals surface area contributed by atoms with E-state index in [-0.39, 0.29) is 6.04 Å². The minimum Gasteiger partial charge on any atom is -0.478 e. The molecule has 1 fully saturated rings. The maximum atomic E-state index is 11.2. The number of carbonyl (C=O) groups is 1. The van der Waals surface area contributed by atoms with Gasteiger partial charge < -0.3 is 5.11 Å². The monoisotopic (exact) mass is 439 g/mol. The van der Waals surface area contributed by atoms with Gasteiger partial charge in [-0.25, -0.2) is 4.79 Å². The molecule has 3 aromatic rings. The van der Waals surface area contributed by atoms with Gasteiger partial charge in [0.2, 0.25) is 0 Å². The highest BCUT2D eigenvalue weighted by atomic mass is 16.4. The molecule has 0 bridgehead atoms. The van der Waals surface area contributed by atoms with Gasteiger partial charge in [0.25, 0.3) is 0 Å². The number of hydrogen-bond donors (Lipinski definition) is 1. The maximum Gasteiger partial charge on any atom is 0.335 e. The third kappa shape index (κ3) is 4.75. The Morgan fingerprint density at radius 2 is 1.79 bits per heavy atom. The quantitative estimate of drug-likeness (QED) is 0.642. The first-order valence-electron chi connectivity index (χ1n) is 11.7. The van der Waals surface area contributed by atoms with Crippen LogP contribution in [-0.2, 0) is 12.8 Å². The van der Waals surface area contributed by atoms with E-state index in [4.69, 9.17) is 4.98 Å². The lowest BCUT2D eigenvalue weighted by Gasteiger charge is -2.40. The summed E-state index contributed by atoms with van der Waals surface area (Å²) in [5.74, 6) is -0.891. The number of hydrogen-bond acceptors (Lipinski definition) is 4. The normalized spacial score (nSPS) is 19.1. The molecule has 0 saturated carbocycles. The maximum absolute atomic E-state index is 11.2. The molecular weight excluding hydrogens is 410 g/mol. The highest BCUT2D eigenvalue weighted by molar-refractivity contribution is 5.88. The zero-order valence-corrected chi connectivity index (χ0v) is 18.7. The van der Waals surface area contributed by atoms with E-state index in [1.807, 2.05) is 18.3 Å². The van der Waals surface area contributed by atoms with Crippen LogP contribution in [0.5, 0.6) is 0 Å². The molecule has 0 radical (unpaired) electrons. The van der Waals surface area contributed by atoms with Crippen LogP contribution in [0.25, 0.3) is 6.08 Å². The van der Waals surface area contributed by atoms with Crippen LogP contribution in [0.15, 0.2) is 72.9 Å². The zero-order chi connectivity index (χ0) is 22.6. The minimum absolute atomic E-state index is 0.267. The molecular formula is C28H29N3O2. The molecule has 1 atom stereocenters. The van der Waals surface area contributed by atoms with E-state index in [0.29, 0.717) is 5.56 Å². The summed E-state index contributed by atoms with van der Waals surface area (Å²) in [4.78, 5) is 21.0. The summed E-state index contributed by atoms with van der Waals surface area (Å²) in [6.07, 6.45) is 8.11. The van der Waals surface area contributed by atoms with Crippen molar-refractivity contribution in [3.8, 4) is 0 Å². The lowest BCUT2D eigenvalue weighted by atomic mass is 9.94. The number of aryl methyl sites for hydroxylation is 2. The average molecular weight is 440 g/mol. The van der Waals surface area contributed by atoms with Crippen LogP contribution in [0, 0.1) is 0 Å². The molecule has 5 heteroatoms. The van der Waals surface area contributed by atoms with E-state index in [1.54, 1.807) is 18.2 Å². The molecule has 2 aromatic carbocycles. The molecule has 168 valence electrons. The third-order valence-corrected chi connectivity index (χ3v) is 6.78. The van der Waals surface area contributed by atoms with Crippen molar-refractivity contribution in [1.82, 2.24) is 14.8 Å². The second kappa shape index (κ2) is 9.69. The number of rotatable bonds is 5. The van der Waals surface area contributed by atoms with Crippen LogP contribution < -0.4 is 0 Å². The Morgan fingerprint density at radius 3 is 2.64 bits per heavy atom. The Bertz CT molecular complexity index is 1120. The summed E-state index contributed by atoms with van der Waals surface area (Å²) < 4.78 is 0. The van der Waals surface area contributed by atoms with Crippen LogP contribution in [0.1, 0.15) is 44.3 Å². The van der Waals surface area contributed by atoms with Gasteiger partial charge in [-0.2, -0.15) is 0 Å². The second-order valence-corrected chi connectivity index (χ2v) is 8.81. The lowest BCUT2D eigenvalue weighted by molar-refractivity contribution is 0.0697. The molecule has 0 amide bonds. The van der Waals surface area contributed by atoms with E-state index in [0.717, 1.165) is 51.1 Å². The summed E-state index contributed by atoms with van der Waals surface area (Å²) in [5.41, 5.74) is 6.70. The van der Waals surface area contributed by atoms with Crippen molar-refractivity contribution in [3.05, 3.63) is 106 Å². The number of aromatic nitrogens is 1. The largest absolute Gasteiger partial charge is 0.478 e. The molecule has 5 nitrogen and oxygen atoms in total. The Labute approximate surface area is 195 Å². The van der Waals surface area contributed by atoms with Gasteiger partial charge in [-0.1, -0.05) is 54.6 Å². The van der Waals surface area contributed by atoms with E-state index in [9.17, 15) is 9.90 Å². The van der Waals surface area contributed by atoms with E-state index >= 15 is 0 Å². The fourth-order valence-corrected chi connectivity index (χ4v) is 5.07. The molecule has 1 saturated heterocycles. The van der Waals surface area contributed by atoms with Gasteiger partial charge in [0.05, 0.1) is 11.6 Å². The minimum atomic E-state index is -0.891. The number of fused-ring (bicyclic) bond motifs is 2. The summed E-state index contributed by atoms with van der Waals surface area (Å²) in [7, 11) is 0. The number of carboxylic acid groups (broad SMARTS) is 1. The Balaban J connectivity index is 1.27. The Kier molecular flexibility index (Phi) is 6.33. The second-order valence-electron chi connectivity index (χ2n) is 8.81. The van der Waals surface area contributed by atoms with Crippen molar-refractivity contribution in [2.24, 2.45) is 0 Å². The van der Waals surface area contributed by atoms with Crippen molar-refractivity contribution in [2.75, 3.05) is 32.7 Å². The van der Waals surface area contributed by atoms with Gasteiger partial charge in [-0.15, -0.1) is 0 Å². The van der Waals surface area contributed by atoms with Crippen LogP contribution in [0.3, 0.4) is 0 Å². The van der Waals surface area contributed by atoms with Crippen LogP contribution in [-0.4, -0.2) is 58.6 Å². The Hall–Kier alpha value is -3.28. The van der Waals surface area contributed by atoms with Crippen molar-refractivity contribution >= 4 is 12.0 Å². The zero-order valence-electron chi connectivity index (χ0n) is 18.7. The van der Waals surface area contributed by atoms with E-state index in [2.05, 4.69) is 52.3 Å². The number of nitrogens with zero attached hydrogens (tertiary/aromatic N) is 3. The molecule has 0 spiro atoms. The average Bonchev–Trinajstić information content (AvgIpc) is 3.02.